The van der Waals surface area contributed by atoms with Crippen molar-refractivity contribution < 1.29 is 24.5 Å². The van der Waals surface area contributed by atoms with Crippen LogP contribution in [0.15, 0.2) is 36.5 Å². The van der Waals surface area contributed by atoms with E-state index >= 15 is 0 Å². The number of hydrogen-bond donors (Lipinski definition) is 3. The number of aliphatic hydroxyl groups excluding tert-OH is 2. The molecule has 3 N–H and O–H groups in total. The van der Waals surface area contributed by atoms with Gasteiger partial charge in [-0.2, -0.15) is 0 Å². The summed E-state index contributed by atoms with van der Waals surface area (Å²) in [5.41, 5.74) is 0. The van der Waals surface area contributed by atoms with Crippen molar-refractivity contribution in [3.05, 3.63) is 36.5 Å². The van der Waals surface area contributed by atoms with Gasteiger partial charge in [-0.25, -0.2) is 0 Å². The minimum Gasteiger partial charge on any atom is -0.466 e. The fourth-order valence-corrected chi connectivity index (χ4v) is 11.6. The molecule has 0 aromatic rings. The summed E-state index contributed by atoms with van der Waals surface area (Å²) in [6.45, 7) is 4.97. The molecule has 0 radical (unpaired) electrons. The Labute approximate surface area is 506 Å². The molecule has 0 aliphatic carbocycles. The monoisotopic (exact) mass is 1140 g/mol. The van der Waals surface area contributed by atoms with Crippen LogP contribution in [0.5, 0.6) is 0 Å². The topological polar surface area (TPSA) is 95.9 Å². The van der Waals surface area contributed by atoms with Gasteiger partial charge in [-0.1, -0.05) is 346 Å². The Morgan fingerprint density at radius 3 is 0.963 bits per heavy atom. The molecule has 2 unspecified atom stereocenters. The molecule has 0 saturated carbocycles. The summed E-state index contributed by atoms with van der Waals surface area (Å²) >= 11 is 0. The molecule has 0 fully saturated rings. The molecule has 478 valence electrons. The lowest BCUT2D eigenvalue weighted by Gasteiger charge is -2.22. The van der Waals surface area contributed by atoms with Gasteiger partial charge in [0.2, 0.25) is 5.91 Å². The molecule has 0 aliphatic rings. The van der Waals surface area contributed by atoms with Crippen LogP contribution in [0.2, 0.25) is 0 Å². The quantitative estimate of drug-likeness (QED) is 0.0320. The fourth-order valence-electron chi connectivity index (χ4n) is 11.6. The van der Waals surface area contributed by atoms with E-state index in [4.69, 9.17) is 4.74 Å². The average Bonchev–Trinajstić information content (AvgIpc) is 3.47. The first kappa shape index (κ1) is 79.1. The second kappa shape index (κ2) is 70.6. The average molecular weight is 1140 g/mol. The second-order valence-corrected chi connectivity index (χ2v) is 25.3. The van der Waals surface area contributed by atoms with Crippen LogP contribution in [0.3, 0.4) is 0 Å². The molecule has 0 heterocycles. The van der Waals surface area contributed by atoms with Crippen molar-refractivity contribution in [2.75, 3.05) is 13.2 Å². The van der Waals surface area contributed by atoms with Crippen LogP contribution in [0, 0.1) is 0 Å². The van der Waals surface area contributed by atoms with E-state index in [0.717, 1.165) is 51.4 Å². The van der Waals surface area contributed by atoms with Gasteiger partial charge in [0.15, 0.2) is 0 Å². The first-order valence-corrected chi connectivity index (χ1v) is 36.7. The number of esters is 1. The predicted octanol–water partition coefficient (Wildman–Crippen LogP) is 23.9. The van der Waals surface area contributed by atoms with Crippen LogP contribution in [0.4, 0.5) is 0 Å². The predicted molar refractivity (Wildman–Crippen MR) is 356 cm³/mol. The molecular weight excluding hydrogens is 995 g/mol. The number of carbonyl (C=O) groups excluding carboxylic acids is 2. The van der Waals surface area contributed by atoms with E-state index in [1.54, 1.807) is 0 Å². The summed E-state index contributed by atoms with van der Waals surface area (Å²) < 4.78 is 5.49. The summed E-state index contributed by atoms with van der Waals surface area (Å²) in [5, 5.41) is 23.4. The maximum absolute atomic E-state index is 12.6. The Morgan fingerprint density at radius 2 is 0.617 bits per heavy atom. The van der Waals surface area contributed by atoms with E-state index in [9.17, 15) is 19.8 Å². The smallest absolute Gasteiger partial charge is 0.305 e. The van der Waals surface area contributed by atoms with Crippen molar-refractivity contribution in [1.82, 2.24) is 5.32 Å². The number of rotatable bonds is 69. The molecule has 6 heteroatoms. The molecule has 2 atom stereocenters. The molecule has 0 aliphatic heterocycles. The van der Waals surface area contributed by atoms with Gasteiger partial charge in [-0.3, -0.25) is 9.59 Å². The zero-order chi connectivity index (χ0) is 58.5. The minimum absolute atomic E-state index is 0.00226. The second-order valence-electron chi connectivity index (χ2n) is 25.3. The lowest BCUT2D eigenvalue weighted by atomic mass is 10.0. The highest BCUT2D eigenvalue weighted by molar-refractivity contribution is 5.76. The summed E-state index contributed by atoms with van der Waals surface area (Å²) in [4.78, 5) is 24.6. The van der Waals surface area contributed by atoms with Crippen LogP contribution >= 0.6 is 0 Å². The number of amides is 1. The molecule has 0 bridgehead atoms. The van der Waals surface area contributed by atoms with Gasteiger partial charge in [-0.05, 0) is 83.5 Å². The summed E-state index contributed by atoms with van der Waals surface area (Å²) in [6.07, 6.45) is 90.6. The summed E-state index contributed by atoms with van der Waals surface area (Å²) in [7, 11) is 0. The van der Waals surface area contributed by atoms with Gasteiger partial charge < -0.3 is 20.3 Å². The van der Waals surface area contributed by atoms with E-state index in [2.05, 4.69) is 55.6 Å². The highest BCUT2D eigenvalue weighted by Gasteiger charge is 2.20. The van der Waals surface area contributed by atoms with Gasteiger partial charge in [0.05, 0.1) is 25.4 Å². The summed E-state index contributed by atoms with van der Waals surface area (Å²) in [6, 6.07) is -0.544. The zero-order valence-corrected chi connectivity index (χ0v) is 54.8. The fraction of sp³-hybridized carbons (Fsp3) is 0.893. The normalized spacial score (nSPS) is 12.7. The first-order chi connectivity index (χ1) is 40.0. The van der Waals surface area contributed by atoms with E-state index in [-0.39, 0.29) is 18.5 Å². The lowest BCUT2D eigenvalue weighted by Crippen LogP contribution is -2.45. The largest absolute Gasteiger partial charge is 0.466 e. The third-order valence-electron chi connectivity index (χ3n) is 17.2. The lowest BCUT2D eigenvalue weighted by molar-refractivity contribution is -0.143. The highest BCUT2D eigenvalue weighted by Crippen LogP contribution is 2.19. The van der Waals surface area contributed by atoms with Crippen molar-refractivity contribution >= 4 is 11.9 Å². The summed E-state index contributed by atoms with van der Waals surface area (Å²) in [5.74, 6) is -0.0294. The zero-order valence-electron chi connectivity index (χ0n) is 54.8. The molecule has 0 rings (SSSR count). The molecule has 0 aromatic heterocycles. The van der Waals surface area contributed by atoms with Crippen LogP contribution in [-0.2, 0) is 14.3 Å². The highest BCUT2D eigenvalue weighted by atomic mass is 16.5. The van der Waals surface area contributed by atoms with Gasteiger partial charge in [0.1, 0.15) is 0 Å². The van der Waals surface area contributed by atoms with Gasteiger partial charge in [-0.15, -0.1) is 0 Å². The molecule has 1 amide bonds. The van der Waals surface area contributed by atoms with Crippen LogP contribution < -0.4 is 5.32 Å². The number of nitrogens with one attached hydrogen (secondary N) is 1. The van der Waals surface area contributed by atoms with E-state index in [0.29, 0.717) is 25.9 Å². The van der Waals surface area contributed by atoms with E-state index in [1.165, 1.54) is 321 Å². The Bertz CT molecular complexity index is 1310. The number of ether oxygens (including phenoxy) is 1. The number of unbranched alkanes of at least 4 members (excludes halogenated alkanes) is 52. The Hall–Kier alpha value is -1.92. The number of aliphatic hydroxyl groups is 2. The SMILES string of the molecule is CCCCCC/C=C\C/C=C\CCCCCCCC(=O)OCCCCCCCCCCCCCC/C=C\CCCCCCCCCCCCCC(=O)NC(CO)C(O)CCCCCCCCCCCCCCCCCCCCCCC. The van der Waals surface area contributed by atoms with Gasteiger partial charge in [0.25, 0.3) is 0 Å². The molecule has 6 nitrogen and oxygen atoms in total. The third-order valence-corrected chi connectivity index (χ3v) is 17.2. The first-order valence-electron chi connectivity index (χ1n) is 36.7. The van der Waals surface area contributed by atoms with Crippen molar-refractivity contribution in [3.8, 4) is 0 Å². The molecule has 0 aromatic carbocycles. The van der Waals surface area contributed by atoms with Gasteiger partial charge >= 0.3 is 5.97 Å². The van der Waals surface area contributed by atoms with Crippen molar-refractivity contribution in [2.24, 2.45) is 0 Å². The van der Waals surface area contributed by atoms with E-state index in [1.807, 2.05) is 0 Å². The van der Waals surface area contributed by atoms with Gasteiger partial charge in [0, 0.05) is 12.8 Å². The van der Waals surface area contributed by atoms with Crippen LogP contribution in [0.25, 0.3) is 0 Å². The van der Waals surface area contributed by atoms with Crippen molar-refractivity contribution in [2.45, 2.75) is 418 Å². The van der Waals surface area contributed by atoms with Crippen LogP contribution in [0.1, 0.15) is 406 Å². The van der Waals surface area contributed by atoms with Crippen molar-refractivity contribution in [1.29, 1.82) is 0 Å². The maximum atomic E-state index is 12.6. The molecule has 81 heavy (non-hydrogen) atoms. The van der Waals surface area contributed by atoms with Crippen molar-refractivity contribution in [3.63, 3.8) is 0 Å². The number of allylic oxidation sites excluding steroid dienone is 6. The van der Waals surface area contributed by atoms with E-state index < -0.39 is 12.1 Å². The molecular formula is C75H143NO5. The Kier molecular flexibility index (Phi) is 68.9. The Morgan fingerprint density at radius 1 is 0.346 bits per heavy atom. The number of hydrogen-bond acceptors (Lipinski definition) is 5. The molecule has 0 spiro atoms. The third kappa shape index (κ3) is 67.1. The maximum Gasteiger partial charge on any atom is 0.305 e. The minimum atomic E-state index is -0.666. The number of carbonyl (C=O) groups is 2. The Balaban J connectivity index is 3.39. The van der Waals surface area contributed by atoms with Crippen LogP contribution in [-0.4, -0.2) is 47.4 Å². The standard InChI is InChI=1S/C75H143NO5/c1-3-5-7-9-11-13-15-17-19-21-22-30-33-36-39-43-47-51-55-59-63-67-73(78)72(71-77)76-74(79)68-64-60-56-52-48-44-40-37-34-31-28-26-24-23-25-27-29-32-35-38-42-46-50-54-58-62-66-70-81-75(80)69-65-61-57-53-49-45-41-20-18-16-14-12-10-8-6-4-2/h14,16,20,23-24,41,72-73,77-78H,3-13,15,17-19,21-22,25-40,42-71H2,1-2H3,(H,76,79)/b16-14-,24-23-,41-20-. The molecule has 0 saturated heterocycles.